The van der Waals surface area contributed by atoms with Crippen LogP contribution in [-0.4, -0.2) is 24.8 Å². The van der Waals surface area contributed by atoms with Crippen molar-refractivity contribution in [3.63, 3.8) is 0 Å². The van der Waals surface area contributed by atoms with Gasteiger partial charge in [-0.1, -0.05) is 18.1 Å². The predicted molar refractivity (Wildman–Crippen MR) is 98.7 cm³/mol. The summed E-state index contributed by atoms with van der Waals surface area (Å²) in [4.78, 5) is 11.0. The van der Waals surface area contributed by atoms with E-state index in [2.05, 4.69) is 62.0 Å². The molecule has 3 nitrogen and oxygen atoms in total. The third-order valence-corrected chi connectivity index (χ3v) is 5.32. The third-order valence-electron chi connectivity index (χ3n) is 4.48. The largest absolute Gasteiger partial charge is 0.308 e. The van der Waals surface area contributed by atoms with E-state index in [-0.39, 0.29) is 6.10 Å². The van der Waals surface area contributed by atoms with Gasteiger partial charge < -0.3 is 5.32 Å². The summed E-state index contributed by atoms with van der Waals surface area (Å²) in [6.07, 6.45) is 3.63. The first-order valence-corrected chi connectivity index (χ1v) is 11.1. The first kappa shape index (κ1) is 16.6. The van der Waals surface area contributed by atoms with Crippen LogP contribution < -0.4 is 5.32 Å². The topological polar surface area (TPSA) is 30.5 Å². The van der Waals surface area contributed by atoms with Crippen LogP contribution in [0.15, 0.2) is 24.3 Å². The van der Waals surface area contributed by atoms with Gasteiger partial charge in [-0.15, -0.1) is 0 Å². The Morgan fingerprint density at radius 3 is 2.86 bits per heavy atom. The Kier molecular flexibility index (Phi) is 6.05. The highest BCUT2D eigenvalue weighted by Gasteiger charge is 2.43. The second-order valence-corrected chi connectivity index (χ2v) is 7.46. The molecule has 0 radical (unpaired) electrons. The average molecular weight is 429 g/mol. The molecule has 0 saturated carbocycles. The summed E-state index contributed by atoms with van der Waals surface area (Å²) in [5.74, 6) is 3.53. The molecule has 118 valence electrons. The smallest absolute Gasteiger partial charge is 0.115 e. The fraction of sp³-hybridized carbons (Fsp3) is 0.529. The van der Waals surface area contributed by atoms with E-state index in [1.54, 1.807) is 0 Å². The van der Waals surface area contributed by atoms with Crippen molar-refractivity contribution in [1.29, 1.82) is 0 Å². The Hall–Kier alpha value is -0.260. The molecule has 0 spiro atoms. The molecular weight excluding hydrogens is 409 g/mol. The van der Waals surface area contributed by atoms with Crippen LogP contribution in [0.4, 0.5) is 0 Å². The molecule has 22 heavy (non-hydrogen) atoms. The number of piperidine rings is 1. The molecule has 0 amide bonds. The number of hydrogen-bond acceptors (Lipinski definition) is 4. The highest BCUT2D eigenvalue weighted by Crippen LogP contribution is 2.39. The molecule has 4 atom stereocenters. The zero-order valence-electron chi connectivity index (χ0n) is 12.5. The molecule has 2 aliphatic rings. The maximum atomic E-state index is 5.73. The van der Waals surface area contributed by atoms with Crippen LogP contribution in [0.5, 0.6) is 0 Å². The van der Waals surface area contributed by atoms with Crippen molar-refractivity contribution in [2.24, 2.45) is 0 Å². The zero-order valence-corrected chi connectivity index (χ0v) is 15.5. The molecule has 2 aliphatic heterocycles. The van der Waals surface area contributed by atoms with Crippen molar-refractivity contribution >= 4 is 30.1 Å². The second kappa shape index (κ2) is 8.02. The van der Waals surface area contributed by atoms with Gasteiger partial charge in [0.2, 0.25) is 0 Å². The summed E-state index contributed by atoms with van der Waals surface area (Å²) in [5.41, 5.74) is 2.39. The maximum Gasteiger partial charge on any atom is 0.115 e. The van der Waals surface area contributed by atoms with Gasteiger partial charge in [-0.3, -0.25) is 0 Å². The van der Waals surface area contributed by atoms with Gasteiger partial charge in [-0.2, -0.15) is 0 Å². The van der Waals surface area contributed by atoms with Crippen LogP contribution in [0, 0.1) is 11.2 Å². The van der Waals surface area contributed by atoms with Gasteiger partial charge in [0.15, 0.2) is 0 Å². The lowest BCUT2D eigenvalue weighted by Gasteiger charge is -2.36. The SMILES string of the molecule is CCOOC1C2CCC(CC1c1ccc(C#CSI)cc1)N2. The van der Waals surface area contributed by atoms with E-state index in [4.69, 9.17) is 9.78 Å². The van der Waals surface area contributed by atoms with Gasteiger partial charge in [0, 0.05) is 44.8 Å². The van der Waals surface area contributed by atoms with Crippen LogP contribution in [0.25, 0.3) is 0 Å². The monoisotopic (exact) mass is 429 g/mol. The minimum atomic E-state index is 0.0977. The van der Waals surface area contributed by atoms with Crippen LogP contribution in [0.1, 0.15) is 43.2 Å². The van der Waals surface area contributed by atoms with Gasteiger partial charge >= 0.3 is 0 Å². The van der Waals surface area contributed by atoms with Gasteiger partial charge in [-0.25, -0.2) is 9.78 Å². The summed E-state index contributed by atoms with van der Waals surface area (Å²) in [6.45, 7) is 2.54. The van der Waals surface area contributed by atoms with Crippen molar-refractivity contribution in [3.05, 3.63) is 35.4 Å². The molecule has 1 N–H and O–H groups in total. The molecule has 2 bridgehead atoms. The van der Waals surface area contributed by atoms with Crippen molar-refractivity contribution in [2.45, 2.75) is 50.3 Å². The van der Waals surface area contributed by atoms with E-state index in [1.165, 1.54) is 27.3 Å². The molecule has 0 aromatic heterocycles. The fourth-order valence-corrected chi connectivity index (χ4v) is 4.00. The van der Waals surface area contributed by atoms with Gasteiger partial charge in [-0.05, 0) is 58.1 Å². The normalized spacial score (nSPS) is 29.9. The second-order valence-electron chi connectivity index (χ2n) is 5.78. The van der Waals surface area contributed by atoms with Crippen molar-refractivity contribution < 1.29 is 9.78 Å². The van der Waals surface area contributed by atoms with Crippen LogP contribution >= 0.6 is 30.1 Å². The number of benzene rings is 1. The van der Waals surface area contributed by atoms with Crippen LogP contribution in [0.3, 0.4) is 0 Å². The van der Waals surface area contributed by atoms with E-state index in [1.807, 2.05) is 6.92 Å². The van der Waals surface area contributed by atoms with Crippen molar-refractivity contribution in [2.75, 3.05) is 6.61 Å². The lowest BCUT2D eigenvalue weighted by Crippen LogP contribution is -2.49. The molecule has 1 aromatic carbocycles. The lowest BCUT2D eigenvalue weighted by atomic mass is 9.83. The Morgan fingerprint density at radius 2 is 2.14 bits per heavy atom. The summed E-state index contributed by atoms with van der Waals surface area (Å²) in [6, 6.07) is 9.63. The summed E-state index contributed by atoms with van der Waals surface area (Å²) >= 11 is 2.19. The van der Waals surface area contributed by atoms with E-state index in [0.29, 0.717) is 24.6 Å². The molecular formula is C17H20INO2S. The summed E-state index contributed by atoms with van der Waals surface area (Å²) in [7, 11) is 1.51. The van der Waals surface area contributed by atoms with Gasteiger partial charge in [0.05, 0.1) is 6.61 Å². The first-order chi connectivity index (χ1) is 10.8. The number of fused-ring (bicyclic) bond motifs is 2. The van der Waals surface area contributed by atoms with Gasteiger partial charge in [0.25, 0.3) is 0 Å². The van der Waals surface area contributed by atoms with E-state index in [9.17, 15) is 0 Å². The molecule has 2 heterocycles. The number of rotatable bonds is 4. The van der Waals surface area contributed by atoms with E-state index in [0.717, 1.165) is 12.0 Å². The first-order valence-electron chi connectivity index (χ1n) is 7.74. The highest BCUT2D eigenvalue weighted by atomic mass is 127. The minimum Gasteiger partial charge on any atom is -0.308 e. The third kappa shape index (κ3) is 3.80. The number of halogens is 1. The summed E-state index contributed by atoms with van der Waals surface area (Å²) < 4.78 is 0. The lowest BCUT2D eigenvalue weighted by molar-refractivity contribution is -0.332. The van der Waals surface area contributed by atoms with E-state index < -0.39 is 0 Å². The Balaban J connectivity index is 1.78. The Labute approximate surface area is 148 Å². The molecule has 5 heteroatoms. The minimum absolute atomic E-state index is 0.0977. The quantitative estimate of drug-likeness (QED) is 0.339. The van der Waals surface area contributed by atoms with Gasteiger partial charge in [0.1, 0.15) is 6.10 Å². The Bertz CT molecular complexity index is 554. The molecule has 2 fully saturated rings. The van der Waals surface area contributed by atoms with E-state index >= 15 is 0 Å². The number of hydrogen-bond donors (Lipinski definition) is 1. The van der Waals surface area contributed by atoms with Crippen LogP contribution in [0.2, 0.25) is 0 Å². The van der Waals surface area contributed by atoms with Crippen molar-refractivity contribution in [3.8, 4) is 11.2 Å². The highest BCUT2D eigenvalue weighted by molar-refractivity contribution is 14.2. The fourth-order valence-electron chi connectivity index (χ4n) is 3.51. The molecule has 1 aromatic rings. The molecule has 4 unspecified atom stereocenters. The molecule has 3 rings (SSSR count). The molecule has 2 saturated heterocycles. The average Bonchev–Trinajstić information content (AvgIpc) is 2.95. The number of nitrogens with one attached hydrogen (secondary N) is 1. The Morgan fingerprint density at radius 1 is 1.32 bits per heavy atom. The summed E-state index contributed by atoms with van der Waals surface area (Å²) in [5, 5.41) is 6.68. The predicted octanol–water partition coefficient (Wildman–Crippen LogP) is 4.02. The maximum absolute atomic E-state index is 5.73. The van der Waals surface area contributed by atoms with Crippen LogP contribution in [-0.2, 0) is 9.78 Å². The standard InChI is InChI=1S/C17H20INO2S/c1-2-20-21-17-15(11-14-7-8-16(17)19-14)13-5-3-12(4-6-13)9-10-22-18/h3-6,14-17,19H,2,7-8,11H2,1H3. The van der Waals surface area contributed by atoms with Crippen molar-refractivity contribution in [1.82, 2.24) is 5.32 Å². The zero-order chi connectivity index (χ0) is 15.4. The molecule has 0 aliphatic carbocycles.